The van der Waals surface area contributed by atoms with Crippen molar-refractivity contribution in [1.29, 1.82) is 0 Å². The van der Waals surface area contributed by atoms with Crippen LogP contribution in [0.2, 0.25) is 0 Å². The van der Waals surface area contributed by atoms with Crippen molar-refractivity contribution in [2.24, 2.45) is 0 Å². The van der Waals surface area contributed by atoms with Crippen LogP contribution in [-0.2, 0) is 6.42 Å². The molecule has 0 atom stereocenters. The van der Waals surface area contributed by atoms with Crippen LogP contribution < -0.4 is 10.2 Å². The van der Waals surface area contributed by atoms with Crippen molar-refractivity contribution in [3.63, 3.8) is 0 Å². The molecule has 1 amide bonds. The van der Waals surface area contributed by atoms with Crippen molar-refractivity contribution in [3.8, 4) is 0 Å². The molecule has 0 aliphatic carbocycles. The van der Waals surface area contributed by atoms with Gasteiger partial charge < -0.3 is 10.2 Å². The maximum Gasteiger partial charge on any atom is 0.255 e. The number of carbonyl (C=O) groups excluding carboxylic acids is 1. The van der Waals surface area contributed by atoms with Gasteiger partial charge in [-0.1, -0.05) is 25.5 Å². The molecule has 0 bridgehead atoms. The summed E-state index contributed by atoms with van der Waals surface area (Å²) in [5.41, 5.74) is 3.96. The van der Waals surface area contributed by atoms with Gasteiger partial charge in [0.15, 0.2) is 0 Å². The number of amides is 1. The van der Waals surface area contributed by atoms with Crippen LogP contribution in [-0.4, -0.2) is 18.5 Å². The monoisotopic (exact) mass is 338 g/mol. The average Bonchev–Trinajstić information content (AvgIpc) is 2.60. The van der Waals surface area contributed by atoms with Crippen LogP contribution in [0.4, 0.5) is 11.4 Å². The molecule has 0 heterocycles. The SMILES string of the molecule is CCCCc1ccc(NC(=O)c2ccc(N(C)C(C)(C)C)cc2)cc1. The lowest BCUT2D eigenvalue weighted by molar-refractivity contribution is 0.102. The molecule has 3 heteroatoms. The Morgan fingerprint density at radius 2 is 1.60 bits per heavy atom. The molecule has 0 aliphatic rings. The molecule has 0 aromatic heterocycles. The summed E-state index contributed by atoms with van der Waals surface area (Å²) in [6.07, 6.45) is 3.48. The summed E-state index contributed by atoms with van der Waals surface area (Å²) in [5.74, 6) is -0.0775. The summed E-state index contributed by atoms with van der Waals surface area (Å²) < 4.78 is 0. The average molecular weight is 338 g/mol. The minimum absolute atomic E-state index is 0.0449. The predicted octanol–water partition coefficient (Wildman–Crippen LogP) is 5.52. The van der Waals surface area contributed by atoms with Gasteiger partial charge in [-0.15, -0.1) is 0 Å². The number of carbonyl (C=O) groups is 1. The second kappa shape index (κ2) is 8.19. The van der Waals surface area contributed by atoms with Crippen molar-refractivity contribution < 1.29 is 4.79 Å². The van der Waals surface area contributed by atoms with E-state index in [1.165, 1.54) is 18.4 Å². The van der Waals surface area contributed by atoms with Gasteiger partial charge in [0.05, 0.1) is 0 Å². The van der Waals surface area contributed by atoms with Crippen LogP contribution in [0.25, 0.3) is 0 Å². The number of aryl methyl sites for hydroxylation is 1. The number of anilines is 2. The first-order chi connectivity index (χ1) is 11.8. The van der Waals surface area contributed by atoms with Crippen molar-refractivity contribution in [2.45, 2.75) is 52.5 Å². The third kappa shape index (κ3) is 5.35. The summed E-state index contributed by atoms with van der Waals surface area (Å²) in [6.45, 7) is 8.69. The first-order valence-corrected chi connectivity index (χ1v) is 9.05. The van der Waals surface area contributed by atoms with Gasteiger partial charge in [-0.05, 0) is 75.6 Å². The molecule has 2 rings (SSSR count). The van der Waals surface area contributed by atoms with Gasteiger partial charge >= 0.3 is 0 Å². The van der Waals surface area contributed by atoms with E-state index in [9.17, 15) is 4.79 Å². The fourth-order valence-corrected chi connectivity index (χ4v) is 2.56. The quantitative estimate of drug-likeness (QED) is 0.752. The first kappa shape index (κ1) is 19.0. The van der Waals surface area contributed by atoms with Crippen LogP contribution in [0.3, 0.4) is 0 Å². The van der Waals surface area contributed by atoms with E-state index in [1.54, 1.807) is 0 Å². The highest BCUT2D eigenvalue weighted by atomic mass is 16.1. The summed E-state index contributed by atoms with van der Waals surface area (Å²) in [4.78, 5) is 14.6. The topological polar surface area (TPSA) is 32.3 Å². The van der Waals surface area contributed by atoms with Crippen LogP contribution in [0.15, 0.2) is 48.5 Å². The highest BCUT2D eigenvalue weighted by Crippen LogP contribution is 2.22. The van der Waals surface area contributed by atoms with Crippen molar-refractivity contribution >= 4 is 17.3 Å². The van der Waals surface area contributed by atoms with E-state index in [0.717, 1.165) is 17.8 Å². The number of unbranched alkanes of at least 4 members (excludes halogenated alkanes) is 1. The van der Waals surface area contributed by atoms with Gasteiger partial charge in [-0.2, -0.15) is 0 Å². The highest BCUT2D eigenvalue weighted by Gasteiger charge is 2.17. The number of hydrogen-bond acceptors (Lipinski definition) is 2. The van der Waals surface area contributed by atoms with Crippen LogP contribution in [0.5, 0.6) is 0 Å². The maximum absolute atomic E-state index is 12.4. The minimum atomic E-state index is -0.0775. The molecule has 2 aromatic carbocycles. The van der Waals surface area contributed by atoms with Gasteiger partial charge in [-0.3, -0.25) is 4.79 Å². The number of hydrogen-bond donors (Lipinski definition) is 1. The van der Waals surface area contributed by atoms with Crippen molar-refractivity contribution in [1.82, 2.24) is 0 Å². The van der Waals surface area contributed by atoms with E-state index >= 15 is 0 Å². The number of nitrogens with one attached hydrogen (secondary N) is 1. The molecule has 0 fully saturated rings. The molecule has 1 N–H and O–H groups in total. The second-order valence-corrected chi connectivity index (χ2v) is 7.53. The molecule has 0 saturated carbocycles. The van der Waals surface area contributed by atoms with Gasteiger partial charge in [-0.25, -0.2) is 0 Å². The number of rotatable bonds is 6. The molecular formula is C22H30N2O. The highest BCUT2D eigenvalue weighted by molar-refractivity contribution is 6.04. The third-order valence-electron chi connectivity index (χ3n) is 4.55. The molecule has 0 spiro atoms. The van der Waals surface area contributed by atoms with Crippen LogP contribution in [0.1, 0.15) is 56.5 Å². The fourth-order valence-electron chi connectivity index (χ4n) is 2.56. The number of benzene rings is 2. The summed E-state index contributed by atoms with van der Waals surface area (Å²) in [7, 11) is 2.06. The fraction of sp³-hybridized carbons (Fsp3) is 0.409. The first-order valence-electron chi connectivity index (χ1n) is 9.05. The lowest BCUT2D eigenvalue weighted by atomic mass is 10.1. The minimum Gasteiger partial charge on any atom is -0.370 e. The Kier molecular flexibility index (Phi) is 6.24. The Labute approximate surface area is 152 Å². The Balaban J connectivity index is 2.01. The smallest absolute Gasteiger partial charge is 0.255 e. The van der Waals surface area contributed by atoms with E-state index in [-0.39, 0.29) is 11.4 Å². The summed E-state index contributed by atoms with van der Waals surface area (Å²) in [6, 6.07) is 15.9. The Hall–Kier alpha value is -2.29. The molecule has 0 unspecified atom stereocenters. The van der Waals surface area contributed by atoms with Gasteiger partial charge in [0.2, 0.25) is 0 Å². The standard InChI is InChI=1S/C22H30N2O/c1-6-7-8-17-9-13-19(14-10-17)23-21(25)18-11-15-20(16-12-18)24(5)22(2,3)4/h9-16H,6-8H2,1-5H3,(H,23,25). The summed E-state index contributed by atoms with van der Waals surface area (Å²) >= 11 is 0. The zero-order chi connectivity index (χ0) is 18.4. The van der Waals surface area contributed by atoms with Crippen molar-refractivity contribution in [2.75, 3.05) is 17.3 Å². The molecule has 2 aromatic rings. The third-order valence-corrected chi connectivity index (χ3v) is 4.55. The van der Waals surface area contributed by atoms with Gasteiger partial charge in [0.1, 0.15) is 0 Å². The zero-order valence-electron chi connectivity index (χ0n) is 16.1. The normalized spacial score (nSPS) is 11.2. The van der Waals surface area contributed by atoms with Crippen molar-refractivity contribution in [3.05, 3.63) is 59.7 Å². The van der Waals surface area contributed by atoms with E-state index in [4.69, 9.17) is 0 Å². The van der Waals surface area contributed by atoms with E-state index in [2.05, 4.69) is 57.1 Å². The van der Waals surface area contributed by atoms with Gasteiger partial charge in [0.25, 0.3) is 5.91 Å². The molecule has 3 nitrogen and oxygen atoms in total. The van der Waals surface area contributed by atoms with Gasteiger partial charge in [0, 0.05) is 29.5 Å². The summed E-state index contributed by atoms with van der Waals surface area (Å²) in [5, 5.41) is 2.97. The maximum atomic E-state index is 12.4. The molecule has 0 saturated heterocycles. The molecule has 25 heavy (non-hydrogen) atoms. The lowest BCUT2D eigenvalue weighted by Gasteiger charge is -2.34. The van der Waals surface area contributed by atoms with E-state index in [1.807, 2.05) is 36.4 Å². The van der Waals surface area contributed by atoms with E-state index in [0.29, 0.717) is 5.56 Å². The molecule has 0 aliphatic heterocycles. The van der Waals surface area contributed by atoms with Crippen LogP contribution in [0, 0.1) is 0 Å². The second-order valence-electron chi connectivity index (χ2n) is 7.53. The van der Waals surface area contributed by atoms with E-state index < -0.39 is 0 Å². The molecule has 134 valence electrons. The molecule has 0 radical (unpaired) electrons. The molecular weight excluding hydrogens is 308 g/mol. The Morgan fingerprint density at radius 1 is 1.00 bits per heavy atom. The lowest BCUT2D eigenvalue weighted by Crippen LogP contribution is -2.37. The largest absolute Gasteiger partial charge is 0.370 e. The Morgan fingerprint density at radius 3 is 2.12 bits per heavy atom. The number of nitrogens with zero attached hydrogens (tertiary/aromatic N) is 1. The zero-order valence-corrected chi connectivity index (χ0v) is 16.1. The Bertz CT molecular complexity index is 681. The van der Waals surface area contributed by atoms with Crippen LogP contribution >= 0.6 is 0 Å². The predicted molar refractivity (Wildman–Crippen MR) is 108 cm³/mol.